The van der Waals surface area contributed by atoms with Crippen molar-refractivity contribution in [1.82, 2.24) is 9.97 Å². The van der Waals surface area contributed by atoms with Gasteiger partial charge in [-0.1, -0.05) is 0 Å². The van der Waals surface area contributed by atoms with Crippen LogP contribution in [-0.2, 0) is 10.8 Å². The number of hydrogen-bond acceptors (Lipinski definition) is 3. The molecule has 138 valence electrons. The van der Waals surface area contributed by atoms with E-state index in [-0.39, 0.29) is 0 Å². The molecule has 2 aromatic heterocycles. The van der Waals surface area contributed by atoms with Gasteiger partial charge in [-0.05, 0) is 0 Å². The zero-order chi connectivity index (χ0) is 19.5. The second-order valence-corrected chi connectivity index (χ2v) is 8.54. The van der Waals surface area contributed by atoms with Crippen molar-refractivity contribution in [3.63, 3.8) is 0 Å². The number of nitrogens with zero attached hydrogens (tertiary/aromatic N) is 2. The van der Waals surface area contributed by atoms with Crippen molar-refractivity contribution >= 4 is 38.9 Å². The quantitative estimate of drug-likeness (QED) is 0.350. The molecule has 13 heteroatoms. The topological polar surface area (TPSA) is 42.9 Å². The molecular formula is C12H6F8N2OSTe. The fourth-order valence-electron chi connectivity index (χ4n) is 1.22. The number of pyridine rings is 2. The van der Waals surface area contributed by atoms with Crippen LogP contribution in [0.4, 0.5) is 35.1 Å². The van der Waals surface area contributed by atoms with E-state index in [0.29, 0.717) is 0 Å². The minimum atomic E-state index is -2.88. The summed E-state index contributed by atoms with van der Waals surface area (Å²) in [5, 5.41) is 0. The molecule has 0 amide bonds. The standard InChI is InChI=1S/C10F8N2Te.C2H6OS/c11-1-5(2(12)8(16)19-7(1)15)21-6-3(13)9(17)20-10(18)4(6)14;1-4(2)3/h;1-2H3. The Hall–Kier alpha value is -1.32. The van der Waals surface area contributed by atoms with Crippen LogP contribution in [0.1, 0.15) is 0 Å². The van der Waals surface area contributed by atoms with Gasteiger partial charge in [0.05, 0.1) is 0 Å². The summed E-state index contributed by atoms with van der Waals surface area (Å²) in [5.74, 6) is -16.1. The van der Waals surface area contributed by atoms with E-state index in [1.807, 2.05) is 0 Å². The molecule has 0 unspecified atom stereocenters. The van der Waals surface area contributed by atoms with E-state index < -0.39 is 86.0 Å². The molecule has 0 fully saturated rings. The van der Waals surface area contributed by atoms with Gasteiger partial charge in [0.15, 0.2) is 0 Å². The molecule has 2 aromatic rings. The maximum atomic E-state index is 13.3. The normalized spacial score (nSPS) is 10.7. The molecular weight excluding hydrogens is 500 g/mol. The molecule has 0 radical (unpaired) electrons. The van der Waals surface area contributed by atoms with E-state index in [1.165, 1.54) is 0 Å². The Labute approximate surface area is 148 Å². The number of halogens is 8. The Morgan fingerprint density at radius 2 is 0.840 bits per heavy atom. The monoisotopic (exact) mass is 508 g/mol. The van der Waals surface area contributed by atoms with Crippen LogP contribution in [0.25, 0.3) is 0 Å². The van der Waals surface area contributed by atoms with Crippen molar-refractivity contribution in [2.24, 2.45) is 0 Å². The summed E-state index contributed by atoms with van der Waals surface area (Å²) in [6.45, 7) is 0. The van der Waals surface area contributed by atoms with Crippen molar-refractivity contribution < 1.29 is 39.3 Å². The third-order valence-corrected chi connectivity index (χ3v) is 5.33. The van der Waals surface area contributed by atoms with Gasteiger partial charge in [-0.3, -0.25) is 4.21 Å². The molecule has 2 rings (SSSR count). The molecule has 0 spiro atoms. The van der Waals surface area contributed by atoms with Gasteiger partial charge in [-0.15, -0.1) is 0 Å². The van der Waals surface area contributed by atoms with Gasteiger partial charge in [0.25, 0.3) is 0 Å². The summed E-state index contributed by atoms with van der Waals surface area (Å²) in [6.07, 6.45) is 3.28. The molecule has 25 heavy (non-hydrogen) atoms. The van der Waals surface area contributed by atoms with Crippen LogP contribution in [0.15, 0.2) is 0 Å². The summed E-state index contributed by atoms with van der Waals surface area (Å²) in [7, 11) is -0.611. The Balaban J connectivity index is 0.000000705. The van der Waals surface area contributed by atoms with Crippen molar-refractivity contribution in [1.29, 1.82) is 0 Å². The molecule has 0 atom stereocenters. The fourth-order valence-corrected chi connectivity index (χ4v) is 3.78. The Kier molecular flexibility index (Phi) is 7.70. The van der Waals surface area contributed by atoms with Crippen LogP contribution in [0.3, 0.4) is 0 Å². The first kappa shape index (κ1) is 21.7. The molecule has 0 bridgehead atoms. The predicted octanol–water partition coefficient (Wildman–Crippen LogP) is 1.24. The number of rotatable bonds is 2. The van der Waals surface area contributed by atoms with Crippen molar-refractivity contribution in [2.45, 2.75) is 0 Å². The molecule has 0 aliphatic heterocycles. The van der Waals surface area contributed by atoms with Crippen LogP contribution in [0, 0.1) is 47.1 Å². The zero-order valence-corrected chi connectivity index (χ0v) is 15.3. The first-order chi connectivity index (χ1) is 11.5. The Morgan fingerprint density at radius 1 is 0.640 bits per heavy atom. The van der Waals surface area contributed by atoms with Gasteiger partial charge < -0.3 is 0 Å². The van der Waals surface area contributed by atoms with Crippen LogP contribution < -0.4 is 7.22 Å². The fraction of sp³-hybridized carbons (Fsp3) is 0.167. The minimum absolute atomic E-state index is 0.611. The summed E-state index contributed by atoms with van der Waals surface area (Å²) < 4.78 is 112. The third-order valence-electron chi connectivity index (χ3n) is 2.12. The zero-order valence-electron chi connectivity index (χ0n) is 12.1. The van der Waals surface area contributed by atoms with Gasteiger partial charge in [0, 0.05) is 23.3 Å². The summed E-state index contributed by atoms with van der Waals surface area (Å²) in [4.78, 5) is 4.49. The van der Waals surface area contributed by atoms with Crippen molar-refractivity contribution in [2.75, 3.05) is 12.5 Å². The molecule has 0 N–H and O–H groups in total. The third kappa shape index (κ3) is 5.32. The molecule has 2 heterocycles. The van der Waals surface area contributed by atoms with Crippen LogP contribution in [0.2, 0.25) is 0 Å². The van der Waals surface area contributed by atoms with Gasteiger partial charge in [0.2, 0.25) is 0 Å². The average Bonchev–Trinajstić information content (AvgIpc) is 2.50. The van der Waals surface area contributed by atoms with Crippen LogP contribution in [0.5, 0.6) is 0 Å². The Bertz CT molecular complexity index is 718. The van der Waals surface area contributed by atoms with Gasteiger partial charge in [-0.25, -0.2) is 0 Å². The summed E-state index contributed by atoms with van der Waals surface area (Å²) >= 11 is -2.88. The molecule has 0 aliphatic carbocycles. The molecule has 0 aliphatic rings. The molecule has 3 nitrogen and oxygen atoms in total. The second-order valence-electron chi connectivity index (χ2n) is 4.14. The van der Waals surface area contributed by atoms with Gasteiger partial charge in [0.1, 0.15) is 0 Å². The summed E-state index contributed by atoms with van der Waals surface area (Å²) in [5.41, 5.74) is 0. The van der Waals surface area contributed by atoms with Crippen molar-refractivity contribution in [3.05, 3.63) is 47.1 Å². The Morgan fingerprint density at radius 3 is 1.04 bits per heavy atom. The van der Waals surface area contributed by atoms with Crippen molar-refractivity contribution in [3.8, 4) is 0 Å². The average molecular weight is 506 g/mol. The summed E-state index contributed by atoms with van der Waals surface area (Å²) in [6, 6.07) is 0. The maximum absolute atomic E-state index is 13.3. The van der Waals surface area contributed by atoms with E-state index in [0.717, 1.165) is 0 Å². The first-order valence-electron chi connectivity index (χ1n) is 5.80. The van der Waals surface area contributed by atoms with E-state index in [9.17, 15) is 39.3 Å². The van der Waals surface area contributed by atoms with E-state index >= 15 is 0 Å². The van der Waals surface area contributed by atoms with Gasteiger partial charge >= 0.3 is 120 Å². The number of hydrogen-bond donors (Lipinski definition) is 0. The van der Waals surface area contributed by atoms with Crippen LogP contribution >= 0.6 is 0 Å². The van der Waals surface area contributed by atoms with Gasteiger partial charge in [-0.2, -0.15) is 0 Å². The van der Waals surface area contributed by atoms with Crippen LogP contribution in [-0.4, -0.2) is 47.6 Å². The second kappa shape index (κ2) is 8.86. The van der Waals surface area contributed by atoms with E-state index in [2.05, 4.69) is 9.97 Å². The van der Waals surface area contributed by atoms with E-state index in [4.69, 9.17) is 0 Å². The molecule has 0 saturated heterocycles. The molecule has 0 aromatic carbocycles. The SMILES string of the molecule is CS(C)=O.Fc1nc(F)c(F)c([Te]c2c(F)c(F)nc(F)c2F)c1F. The van der Waals surface area contributed by atoms with E-state index in [1.54, 1.807) is 12.5 Å². The number of aromatic nitrogens is 2. The molecule has 0 saturated carbocycles. The first-order valence-corrected chi connectivity index (χ1v) is 10.1. The predicted molar refractivity (Wildman–Crippen MR) is 73.2 cm³/mol.